The van der Waals surface area contributed by atoms with E-state index in [1.165, 1.54) is 12.1 Å². The molecule has 0 aromatic heterocycles. The zero-order valence-corrected chi connectivity index (χ0v) is 10.4. The number of methoxy groups -OCH3 is 1. The van der Waals surface area contributed by atoms with Crippen molar-refractivity contribution < 1.29 is 13.9 Å². The third kappa shape index (κ3) is 2.51. The van der Waals surface area contributed by atoms with Crippen LogP contribution in [0.4, 0.5) is 4.39 Å². The van der Waals surface area contributed by atoms with Crippen molar-refractivity contribution in [1.82, 2.24) is 0 Å². The van der Waals surface area contributed by atoms with Gasteiger partial charge >= 0.3 is 0 Å². The van der Waals surface area contributed by atoms with E-state index in [0.717, 1.165) is 6.07 Å². The third-order valence-corrected chi connectivity index (χ3v) is 2.84. The van der Waals surface area contributed by atoms with Crippen molar-refractivity contribution >= 4 is 17.4 Å². The second-order valence-corrected chi connectivity index (χ2v) is 4.09. The average Bonchev–Trinajstić information content (AvgIpc) is 2.38. The average molecular weight is 265 g/mol. The summed E-state index contributed by atoms with van der Waals surface area (Å²) in [5, 5.41) is 0.107. The lowest BCUT2D eigenvalue weighted by atomic mass is 10.0. The van der Waals surface area contributed by atoms with Gasteiger partial charge in [0.2, 0.25) is 0 Å². The lowest BCUT2D eigenvalue weighted by molar-refractivity contribution is 0.103. The van der Waals surface area contributed by atoms with E-state index >= 15 is 0 Å². The highest BCUT2D eigenvalue weighted by molar-refractivity contribution is 6.35. The number of carbonyl (C=O) groups excluding carboxylic acids is 1. The van der Waals surface area contributed by atoms with Crippen molar-refractivity contribution in [3.05, 3.63) is 64.4 Å². The molecule has 0 unspecified atom stereocenters. The molecule has 0 aliphatic rings. The number of halogens is 2. The number of carbonyl (C=O) groups is 1. The molecule has 2 aromatic carbocycles. The third-order valence-electron chi connectivity index (χ3n) is 2.53. The van der Waals surface area contributed by atoms with E-state index < -0.39 is 5.82 Å². The Morgan fingerprint density at radius 1 is 1.17 bits per heavy atom. The molecule has 2 nitrogen and oxygen atoms in total. The number of hydrogen-bond acceptors (Lipinski definition) is 2. The van der Waals surface area contributed by atoms with Crippen LogP contribution in [0.5, 0.6) is 5.75 Å². The van der Waals surface area contributed by atoms with Crippen LogP contribution in [0.25, 0.3) is 0 Å². The smallest absolute Gasteiger partial charge is 0.194 e. The fourth-order valence-corrected chi connectivity index (χ4v) is 1.82. The van der Waals surface area contributed by atoms with Crippen LogP contribution in [-0.4, -0.2) is 12.9 Å². The van der Waals surface area contributed by atoms with Crippen molar-refractivity contribution in [3.8, 4) is 5.75 Å². The van der Waals surface area contributed by atoms with E-state index in [1.807, 2.05) is 0 Å². The van der Waals surface area contributed by atoms with E-state index in [9.17, 15) is 9.18 Å². The number of hydrogen-bond donors (Lipinski definition) is 0. The van der Waals surface area contributed by atoms with Gasteiger partial charge in [-0.3, -0.25) is 4.79 Å². The van der Waals surface area contributed by atoms with Gasteiger partial charge in [-0.15, -0.1) is 0 Å². The molecule has 0 saturated carbocycles. The zero-order chi connectivity index (χ0) is 13.1. The second kappa shape index (κ2) is 5.19. The summed E-state index contributed by atoms with van der Waals surface area (Å²) in [6.45, 7) is 0. The summed E-state index contributed by atoms with van der Waals surface area (Å²) in [5.74, 6) is -0.0503. The van der Waals surface area contributed by atoms with Crippen molar-refractivity contribution in [3.63, 3.8) is 0 Å². The van der Waals surface area contributed by atoms with Crippen LogP contribution in [0.3, 0.4) is 0 Å². The normalized spacial score (nSPS) is 10.2. The highest BCUT2D eigenvalue weighted by atomic mass is 35.5. The molecule has 2 rings (SSSR count). The van der Waals surface area contributed by atoms with E-state index in [4.69, 9.17) is 16.3 Å². The summed E-state index contributed by atoms with van der Waals surface area (Å²) in [6, 6.07) is 10.4. The SMILES string of the molecule is COc1ccc(C(=O)c2ccc(F)cc2Cl)cc1. The Balaban J connectivity index is 2.35. The molecular weight excluding hydrogens is 255 g/mol. The van der Waals surface area contributed by atoms with Gasteiger partial charge in [-0.1, -0.05) is 11.6 Å². The largest absolute Gasteiger partial charge is 0.497 e. The molecule has 18 heavy (non-hydrogen) atoms. The van der Waals surface area contributed by atoms with Crippen molar-refractivity contribution in [2.24, 2.45) is 0 Å². The van der Waals surface area contributed by atoms with Gasteiger partial charge in [0.1, 0.15) is 11.6 Å². The quantitative estimate of drug-likeness (QED) is 0.790. The van der Waals surface area contributed by atoms with Crippen LogP contribution in [0.15, 0.2) is 42.5 Å². The van der Waals surface area contributed by atoms with Gasteiger partial charge in [-0.2, -0.15) is 0 Å². The molecule has 0 heterocycles. The molecule has 92 valence electrons. The Labute approximate surface area is 109 Å². The Morgan fingerprint density at radius 3 is 2.39 bits per heavy atom. The van der Waals surface area contributed by atoms with Gasteiger partial charge in [0.25, 0.3) is 0 Å². The molecular formula is C14H10ClFO2. The monoisotopic (exact) mass is 264 g/mol. The maximum atomic E-state index is 12.9. The summed E-state index contributed by atoms with van der Waals surface area (Å²) in [6.07, 6.45) is 0. The van der Waals surface area contributed by atoms with E-state index in [2.05, 4.69) is 0 Å². The predicted octanol–water partition coefficient (Wildman–Crippen LogP) is 3.72. The van der Waals surface area contributed by atoms with Crippen molar-refractivity contribution in [2.75, 3.05) is 7.11 Å². The molecule has 0 aliphatic heterocycles. The highest BCUT2D eigenvalue weighted by Crippen LogP contribution is 2.21. The molecule has 0 aliphatic carbocycles. The fraction of sp³-hybridized carbons (Fsp3) is 0.0714. The first-order valence-corrected chi connectivity index (χ1v) is 5.63. The maximum Gasteiger partial charge on any atom is 0.194 e. The molecule has 2 aromatic rings. The van der Waals surface area contributed by atoms with Gasteiger partial charge in [-0.25, -0.2) is 4.39 Å². The lowest BCUT2D eigenvalue weighted by Gasteiger charge is -2.05. The molecule has 0 amide bonds. The topological polar surface area (TPSA) is 26.3 Å². The molecule has 0 bridgehead atoms. The van der Waals surface area contributed by atoms with Gasteiger partial charge in [0, 0.05) is 11.1 Å². The van der Waals surface area contributed by atoms with Gasteiger partial charge in [-0.05, 0) is 42.5 Å². The van der Waals surface area contributed by atoms with E-state index in [0.29, 0.717) is 11.3 Å². The number of benzene rings is 2. The van der Waals surface area contributed by atoms with Crippen molar-refractivity contribution in [1.29, 1.82) is 0 Å². The van der Waals surface area contributed by atoms with Crippen LogP contribution in [-0.2, 0) is 0 Å². The number of rotatable bonds is 3. The molecule has 0 N–H and O–H groups in total. The Bertz CT molecular complexity index is 579. The number of ether oxygens (including phenoxy) is 1. The first-order chi connectivity index (χ1) is 8.61. The van der Waals surface area contributed by atoms with E-state index in [1.54, 1.807) is 31.4 Å². The Hall–Kier alpha value is -1.87. The predicted molar refractivity (Wildman–Crippen MR) is 67.8 cm³/mol. The Kier molecular flexibility index (Phi) is 3.63. The van der Waals surface area contributed by atoms with Crippen LogP contribution < -0.4 is 4.74 Å². The van der Waals surface area contributed by atoms with Gasteiger partial charge < -0.3 is 4.74 Å². The summed E-state index contributed by atoms with van der Waals surface area (Å²) < 4.78 is 17.9. The summed E-state index contributed by atoms with van der Waals surface area (Å²) >= 11 is 5.85. The van der Waals surface area contributed by atoms with Crippen LogP contribution >= 0.6 is 11.6 Å². The van der Waals surface area contributed by atoms with Crippen LogP contribution in [0, 0.1) is 5.82 Å². The van der Waals surface area contributed by atoms with Crippen LogP contribution in [0.1, 0.15) is 15.9 Å². The maximum absolute atomic E-state index is 12.9. The van der Waals surface area contributed by atoms with Crippen molar-refractivity contribution in [2.45, 2.75) is 0 Å². The zero-order valence-electron chi connectivity index (χ0n) is 9.61. The van der Waals surface area contributed by atoms with Gasteiger partial charge in [0.05, 0.1) is 12.1 Å². The summed E-state index contributed by atoms with van der Waals surface area (Å²) in [7, 11) is 1.55. The fourth-order valence-electron chi connectivity index (χ4n) is 1.57. The lowest BCUT2D eigenvalue weighted by Crippen LogP contribution is -2.02. The van der Waals surface area contributed by atoms with Gasteiger partial charge in [0.15, 0.2) is 5.78 Å². The second-order valence-electron chi connectivity index (χ2n) is 3.68. The van der Waals surface area contributed by atoms with E-state index in [-0.39, 0.29) is 16.4 Å². The first kappa shape index (κ1) is 12.6. The minimum atomic E-state index is -0.466. The minimum Gasteiger partial charge on any atom is -0.497 e. The molecule has 0 spiro atoms. The number of ketones is 1. The van der Waals surface area contributed by atoms with Crippen LogP contribution in [0.2, 0.25) is 5.02 Å². The summed E-state index contributed by atoms with van der Waals surface area (Å²) in [4.78, 5) is 12.1. The Morgan fingerprint density at radius 2 is 1.83 bits per heavy atom. The molecule has 0 radical (unpaired) electrons. The molecule has 0 fully saturated rings. The molecule has 0 atom stereocenters. The first-order valence-electron chi connectivity index (χ1n) is 5.25. The molecule has 0 saturated heterocycles. The minimum absolute atomic E-state index is 0.107. The summed E-state index contributed by atoms with van der Waals surface area (Å²) in [5.41, 5.74) is 0.757. The molecule has 4 heteroatoms. The highest BCUT2D eigenvalue weighted by Gasteiger charge is 2.13. The standard InChI is InChI=1S/C14H10ClFO2/c1-18-11-5-2-9(3-6-11)14(17)12-7-4-10(16)8-13(12)15/h2-8H,1H3.